The second kappa shape index (κ2) is 6.83. The molecule has 2 fully saturated rings. The molecule has 7 heteroatoms. The van der Waals surface area contributed by atoms with E-state index < -0.39 is 9.84 Å². The van der Waals surface area contributed by atoms with E-state index in [2.05, 4.69) is 9.88 Å². The Hall–Kier alpha value is -0.690. The zero-order valence-corrected chi connectivity index (χ0v) is 14.0. The summed E-state index contributed by atoms with van der Waals surface area (Å²) in [4.78, 5) is 6.24. The van der Waals surface area contributed by atoms with Crippen LogP contribution in [-0.2, 0) is 21.1 Å². The number of nitrogens with zero attached hydrogens (tertiary/aromatic N) is 2. The Morgan fingerprint density at radius 2 is 2.27 bits per heavy atom. The number of halogens is 1. The lowest BCUT2D eigenvalue weighted by atomic mass is 10.1. The minimum atomic E-state index is -2.90. The highest BCUT2D eigenvalue weighted by molar-refractivity contribution is 7.91. The fourth-order valence-electron chi connectivity index (χ4n) is 3.23. The Balaban J connectivity index is 1.73. The molecule has 0 aliphatic carbocycles. The minimum absolute atomic E-state index is 0.0705. The molecule has 0 aromatic carbocycles. The Labute approximate surface area is 136 Å². The molecule has 122 valence electrons. The van der Waals surface area contributed by atoms with Crippen LogP contribution in [0.5, 0.6) is 0 Å². The number of sulfone groups is 1. The van der Waals surface area contributed by atoms with Gasteiger partial charge in [-0.05, 0) is 37.0 Å². The average Bonchev–Trinajstić information content (AvgIpc) is 3.07. The maximum atomic E-state index is 11.8. The van der Waals surface area contributed by atoms with Crippen molar-refractivity contribution >= 4 is 21.4 Å². The first-order valence-electron chi connectivity index (χ1n) is 7.68. The van der Waals surface area contributed by atoms with E-state index >= 15 is 0 Å². The normalized spacial score (nSPS) is 27.5. The van der Waals surface area contributed by atoms with Crippen LogP contribution in [0.4, 0.5) is 0 Å². The molecule has 0 unspecified atom stereocenters. The average molecular weight is 345 g/mol. The molecule has 0 radical (unpaired) electrons. The van der Waals surface area contributed by atoms with Crippen molar-refractivity contribution in [3.63, 3.8) is 0 Å². The lowest BCUT2D eigenvalue weighted by Crippen LogP contribution is -2.40. The quantitative estimate of drug-likeness (QED) is 0.763. The molecule has 0 bridgehead atoms. The van der Waals surface area contributed by atoms with Crippen LogP contribution in [0.1, 0.15) is 24.8 Å². The van der Waals surface area contributed by atoms with Crippen molar-refractivity contribution in [3.8, 4) is 0 Å². The van der Waals surface area contributed by atoms with Gasteiger partial charge in [0.1, 0.15) is 5.15 Å². The predicted molar refractivity (Wildman–Crippen MR) is 85.7 cm³/mol. The molecular formula is C15H21ClN2O3S. The van der Waals surface area contributed by atoms with Crippen LogP contribution >= 0.6 is 11.6 Å². The highest BCUT2D eigenvalue weighted by Crippen LogP contribution is 2.23. The zero-order chi connectivity index (χ0) is 15.6. The van der Waals surface area contributed by atoms with Gasteiger partial charge in [-0.1, -0.05) is 11.6 Å². The van der Waals surface area contributed by atoms with E-state index in [4.69, 9.17) is 16.3 Å². The van der Waals surface area contributed by atoms with Crippen LogP contribution in [0.25, 0.3) is 0 Å². The number of aromatic nitrogens is 1. The molecule has 2 atom stereocenters. The molecule has 2 aliphatic rings. The van der Waals surface area contributed by atoms with E-state index in [-0.39, 0.29) is 23.7 Å². The van der Waals surface area contributed by atoms with Crippen molar-refractivity contribution in [2.45, 2.75) is 38.0 Å². The molecule has 1 aromatic heterocycles. The maximum Gasteiger partial charge on any atom is 0.151 e. The van der Waals surface area contributed by atoms with Crippen LogP contribution in [0, 0.1) is 0 Å². The van der Waals surface area contributed by atoms with E-state index in [9.17, 15) is 8.42 Å². The summed E-state index contributed by atoms with van der Waals surface area (Å²) >= 11 is 5.95. The molecule has 0 spiro atoms. The van der Waals surface area contributed by atoms with Gasteiger partial charge in [0.05, 0.1) is 17.6 Å². The zero-order valence-electron chi connectivity index (χ0n) is 12.4. The van der Waals surface area contributed by atoms with E-state index in [1.54, 1.807) is 6.20 Å². The van der Waals surface area contributed by atoms with Gasteiger partial charge >= 0.3 is 0 Å². The molecule has 22 heavy (non-hydrogen) atoms. The first kappa shape index (κ1) is 16.2. The molecule has 0 saturated carbocycles. The highest BCUT2D eigenvalue weighted by atomic mass is 35.5. The molecule has 1 aromatic rings. The summed E-state index contributed by atoms with van der Waals surface area (Å²) in [6.45, 7) is 2.27. The van der Waals surface area contributed by atoms with E-state index in [0.29, 0.717) is 18.1 Å². The van der Waals surface area contributed by atoms with Gasteiger partial charge in [-0.2, -0.15) is 0 Å². The first-order chi connectivity index (χ1) is 10.5. The summed E-state index contributed by atoms with van der Waals surface area (Å²) in [7, 11) is -2.90. The predicted octanol–water partition coefficient (Wildman–Crippen LogP) is 1.90. The molecule has 5 nitrogen and oxygen atoms in total. The molecular weight excluding hydrogens is 324 g/mol. The molecule has 2 aliphatic heterocycles. The lowest BCUT2D eigenvalue weighted by Gasteiger charge is -2.30. The van der Waals surface area contributed by atoms with Crippen molar-refractivity contribution in [2.75, 3.05) is 24.7 Å². The topological polar surface area (TPSA) is 59.5 Å². The number of pyridine rings is 1. The van der Waals surface area contributed by atoms with Gasteiger partial charge in [0.2, 0.25) is 0 Å². The number of hydrogen-bond donors (Lipinski definition) is 0. The molecule has 3 heterocycles. The Bertz CT molecular complexity index is 617. The standard InChI is InChI=1S/C15H21ClN2O3S/c16-15-8-12(3-5-17-15)9-18(10-14-2-1-6-21-14)13-4-7-22(19,20)11-13/h3,5,8,13-14H,1-2,4,6-7,9-11H2/t13-,14-/m1/s1. The van der Waals surface area contributed by atoms with Gasteiger partial charge in [-0.25, -0.2) is 13.4 Å². The van der Waals surface area contributed by atoms with Crippen molar-refractivity contribution in [3.05, 3.63) is 29.0 Å². The number of hydrogen-bond acceptors (Lipinski definition) is 5. The van der Waals surface area contributed by atoms with Crippen LogP contribution < -0.4 is 0 Å². The highest BCUT2D eigenvalue weighted by Gasteiger charge is 2.33. The van der Waals surface area contributed by atoms with Crippen LogP contribution in [0.15, 0.2) is 18.3 Å². The largest absolute Gasteiger partial charge is 0.377 e. The van der Waals surface area contributed by atoms with Crippen molar-refractivity contribution < 1.29 is 13.2 Å². The summed E-state index contributed by atoms with van der Waals surface area (Å²) < 4.78 is 29.3. The Morgan fingerprint density at radius 1 is 1.41 bits per heavy atom. The maximum absolute atomic E-state index is 11.8. The molecule has 0 N–H and O–H groups in total. The Morgan fingerprint density at radius 3 is 2.91 bits per heavy atom. The lowest BCUT2D eigenvalue weighted by molar-refractivity contribution is 0.0574. The third kappa shape index (κ3) is 4.19. The fraction of sp³-hybridized carbons (Fsp3) is 0.667. The fourth-order valence-corrected chi connectivity index (χ4v) is 5.19. The van der Waals surface area contributed by atoms with Crippen LogP contribution in [0.2, 0.25) is 5.15 Å². The van der Waals surface area contributed by atoms with Gasteiger partial charge in [0.15, 0.2) is 9.84 Å². The van der Waals surface area contributed by atoms with Crippen LogP contribution in [-0.4, -0.2) is 55.1 Å². The van der Waals surface area contributed by atoms with Gasteiger partial charge in [-0.3, -0.25) is 4.90 Å². The minimum Gasteiger partial charge on any atom is -0.377 e. The van der Waals surface area contributed by atoms with Crippen molar-refractivity contribution in [1.29, 1.82) is 0 Å². The summed E-state index contributed by atoms with van der Waals surface area (Å²) in [6, 6.07) is 3.84. The van der Waals surface area contributed by atoms with Gasteiger partial charge < -0.3 is 4.74 Å². The monoisotopic (exact) mass is 344 g/mol. The second-order valence-corrected chi connectivity index (χ2v) is 8.72. The van der Waals surface area contributed by atoms with Gasteiger partial charge in [-0.15, -0.1) is 0 Å². The Kier molecular flexibility index (Phi) is 5.02. The first-order valence-corrected chi connectivity index (χ1v) is 9.88. The second-order valence-electron chi connectivity index (χ2n) is 6.11. The summed E-state index contributed by atoms with van der Waals surface area (Å²) in [5.41, 5.74) is 1.06. The van der Waals surface area contributed by atoms with Crippen LogP contribution in [0.3, 0.4) is 0 Å². The summed E-state index contributed by atoms with van der Waals surface area (Å²) in [5, 5.41) is 0.466. The van der Waals surface area contributed by atoms with E-state index in [0.717, 1.165) is 31.6 Å². The molecule has 3 rings (SSSR count). The van der Waals surface area contributed by atoms with Crippen molar-refractivity contribution in [2.24, 2.45) is 0 Å². The molecule has 2 saturated heterocycles. The van der Waals surface area contributed by atoms with E-state index in [1.165, 1.54) is 0 Å². The molecule has 0 amide bonds. The third-order valence-electron chi connectivity index (χ3n) is 4.36. The van der Waals surface area contributed by atoms with E-state index in [1.807, 2.05) is 12.1 Å². The SMILES string of the molecule is O=S1(=O)CC[C@@H](N(Cc2ccnc(Cl)c2)C[C@H]2CCCO2)C1. The summed E-state index contributed by atoms with van der Waals surface area (Å²) in [5.74, 6) is 0.537. The smallest absolute Gasteiger partial charge is 0.151 e. The number of ether oxygens (including phenoxy) is 1. The van der Waals surface area contributed by atoms with Gasteiger partial charge in [0, 0.05) is 31.9 Å². The van der Waals surface area contributed by atoms with Crippen molar-refractivity contribution in [1.82, 2.24) is 9.88 Å². The third-order valence-corrected chi connectivity index (χ3v) is 6.32. The van der Waals surface area contributed by atoms with Gasteiger partial charge in [0.25, 0.3) is 0 Å². The number of rotatable bonds is 5. The summed E-state index contributed by atoms with van der Waals surface area (Å²) in [6.07, 6.45) is 4.73.